The third-order valence-electron chi connectivity index (χ3n) is 3.30. The predicted octanol–water partition coefficient (Wildman–Crippen LogP) is 2.16. The van der Waals surface area contributed by atoms with E-state index in [-0.39, 0.29) is 11.3 Å². The van der Waals surface area contributed by atoms with Gasteiger partial charge in [0, 0.05) is 0 Å². The summed E-state index contributed by atoms with van der Waals surface area (Å²) < 4.78 is 32.7. The van der Waals surface area contributed by atoms with Crippen LogP contribution >= 0.6 is 11.8 Å². The number of esters is 1. The van der Waals surface area contributed by atoms with Gasteiger partial charge in [0.2, 0.25) is 10.0 Å². The van der Waals surface area contributed by atoms with Gasteiger partial charge in [0.25, 0.3) is 0 Å². The summed E-state index contributed by atoms with van der Waals surface area (Å²) in [4.78, 5) is 12.3. The van der Waals surface area contributed by atoms with Crippen LogP contribution in [-0.2, 0) is 19.6 Å². The molecule has 0 heterocycles. The van der Waals surface area contributed by atoms with Gasteiger partial charge in [0.15, 0.2) is 6.10 Å². The van der Waals surface area contributed by atoms with Gasteiger partial charge < -0.3 is 4.74 Å². The number of rotatable bonds is 8. The normalized spacial score (nSPS) is 13.8. The Morgan fingerprint density at radius 3 is 2.67 bits per heavy atom. The fourth-order valence-electron chi connectivity index (χ4n) is 1.99. The van der Waals surface area contributed by atoms with Gasteiger partial charge >= 0.3 is 5.97 Å². The van der Waals surface area contributed by atoms with Gasteiger partial charge in [-0.3, -0.25) is 4.79 Å². The average Bonchev–Trinajstić information content (AvgIpc) is 2.53. The fourth-order valence-corrected chi connectivity index (χ4v) is 4.01. The minimum atomic E-state index is -3.87. The van der Waals surface area contributed by atoms with Crippen molar-refractivity contribution < 1.29 is 17.9 Å². The molecule has 0 fully saturated rings. The standard InChI is InChI=1S/C16H22N2O4S2/c1-11-5-6-12(2)15(9-11)24(20,21)18-14(7-8-23-4)16(19)22-13(3)10-17/h5-6,9,13-14,18H,7-8H2,1-4H3/t13-,14+/m1/s1. The summed E-state index contributed by atoms with van der Waals surface area (Å²) in [5.41, 5.74) is 1.40. The van der Waals surface area contributed by atoms with E-state index in [2.05, 4.69) is 4.72 Å². The van der Waals surface area contributed by atoms with Crippen LogP contribution in [0.5, 0.6) is 0 Å². The lowest BCUT2D eigenvalue weighted by Gasteiger charge is -2.19. The molecule has 8 heteroatoms. The van der Waals surface area contributed by atoms with E-state index < -0.39 is 28.1 Å². The quantitative estimate of drug-likeness (QED) is 0.705. The molecule has 1 rings (SSSR count). The molecule has 0 spiro atoms. The van der Waals surface area contributed by atoms with E-state index >= 15 is 0 Å². The average molecular weight is 370 g/mol. The van der Waals surface area contributed by atoms with E-state index in [1.54, 1.807) is 32.0 Å². The summed E-state index contributed by atoms with van der Waals surface area (Å²) in [6.45, 7) is 4.93. The van der Waals surface area contributed by atoms with Crippen LogP contribution in [0.3, 0.4) is 0 Å². The smallest absolute Gasteiger partial charge is 0.325 e. The van der Waals surface area contributed by atoms with Crippen molar-refractivity contribution in [2.45, 2.75) is 44.2 Å². The molecule has 1 aromatic carbocycles. The molecule has 0 saturated carbocycles. The number of benzene rings is 1. The van der Waals surface area contributed by atoms with Gasteiger partial charge in [-0.05, 0) is 56.4 Å². The zero-order valence-corrected chi connectivity index (χ0v) is 15.8. The van der Waals surface area contributed by atoms with E-state index in [1.807, 2.05) is 12.3 Å². The number of nitriles is 1. The molecule has 1 aromatic rings. The molecule has 6 nitrogen and oxygen atoms in total. The number of sulfonamides is 1. The second-order valence-electron chi connectivity index (χ2n) is 5.43. The third kappa shape index (κ3) is 5.82. The fraction of sp³-hybridized carbons (Fsp3) is 0.500. The molecule has 0 radical (unpaired) electrons. The lowest BCUT2D eigenvalue weighted by molar-refractivity contribution is -0.147. The van der Waals surface area contributed by atoms with E-state index in [9.17, 15) is 13.2 Å². The molecule has 0 amide bonds. The molecule has 0 aliphatic heterocycles. The Morgan fingerprint density at radius 2 is 2.08 bits per heavy atom. The van der Waals surface area contributed by atoms with Gasteiger partial charge in [0.05, 0.1) is 4.90 Å². The highest BCUT2D eigenvalue weighted by atomic mass is 32.2. The highest BCUT2D eigenvalue weighted by Crippen LogP contribution is 2.18. The largest absolute Gasteiger partial charge is 0.446 e. The topological polar surface area (TPSA) is 96.3 Å². The molecule has 0 aromatic heterocycles. The van der Waals surface area contributed by atoms with Gasteiger partial charge in [-0.1, -0.05) is 12.1 Å². The van der Waals surface area contributed by atoms with Crippen molar-refractivity contribution in [1.29, 1.82) is 5.26 Å². The number of ether oxygens (including phenoxy) is 1. The maximum Gasteiger partial charge on any atom is 0.325 e. The first-order valence-electron chi connectivity index (χ1n) is 7.40. The van der Waals surface area contributed by atoms with Crippen LogP contribution in [0.4, 0.5) is 0 Å². The molecule has 24 heavy (non-hydrogen) atoms. The predicted molar refractivity (Wildman–Crippen MR) is 94.2 cm³/mol. The van der Waals surface area contributed by atoms with Crippen molar-refractivity contribution in [3.63, 3.8) is 0 Å². The van der Waals surface area contributed by atoms with Gasteiger partial charge in [-0.25, -0.2) is 8.42 Å². The Hall–Kier alpha value is -1.56. The van der Waals surface area contributed by atoms with Crippen molar-refractivity contribution in [3.8, 4) is 6.07 Å². The lowest BCUT2D eigenvalue weighted by Crippen LogP contribution is -2.43. The molecule has 1 N–H and O–H groups in total. The van der Waals surface area contributed by atoms with Crippen LogP contribution in [0.25, 0.3) is 0 Å². The third-order valence-corrected chi connectivity index (χ3v) is 5.56. The first kappa shape index (κ1) is 20.5. The van der Waals surface area contributed by atoms with Crippen molar-refractivity contribution in [2.75, 3.05) is 12.0 Å². The number of carbonyl (C=O) groups excluding carboxylic acids is 1. The Morgan fingerprint density at radius 1 is 1.42 bits per heavy atom. The molecule has 2 atom stereocenters. The second-order valence-corrected chi connectivity index (χ2v) is 8.10. The van der Waals surface area contributed by atoms with E-state index in [0.29, 0.717) is 11.3 Å². The molecule has 0 unspecified atom stereocenters. The Kier molecular flexibility index (Phi) is 7.73. The number of nitrogens with zero attached hydrogens (tertiary/aromatic N) is 1. The Balaban J connectivity index is 3.05. The monoisotopic (exact) mass is 370 g/mol. The first-order chi connectivity index (χ1) is 11.2. The van der Waals surface area contributed by atoms with Crippen LogP contribution in [0.2, 0.25) is 0 Å². The SMILES string of the molecule is CSCC[C@H](NS(=O)(=O)c1cc(C)ccc1C)C(=O)O[C@H](C)C#N. The van der Waals surface area contributed by atoms with Crippen LogP contribution in [-0.4, -0.2) is 38.5 Å². The molecule has 0 bridgehead atoms. The molecule has 0 aliphatic rings. The summed E-state index contributed by atoms with van der Waals surface area (Å²) in [6, 6.07) is 5.87. The summed E-state index contributed by atoms with van der Waals surface area (Å²) in [5.74, 6) is -0.164. The Bertz CT molecular complexity index is 726. The summed E-state index contributed by atoms with van der Waals surface area (Å²) >= 11 is 1.49. The van der Waals surface area contributed by atoms with Crippen molar-refractivity contribution in [2.24, 2.45) is 0 Å². The van der Waals surface area contributed by atoms with E-state index in [0.717, 1.165) is 5.56 Å². The van der Waals surface area contributed by atoms with Crippen molar-refractivity contribution in [3.05, 3.63) is 29.3 Å². The van der Waals surface area contributed by atoms with Gasteiger partial charge in [-0.2, -0.15) is 21.7 Å². The number of aryl methyl sites for hydroxylation is 2. The van der Waals surface area contributed by atoms with Crippen LogP contribution in [0.1, 0.15) is 24.5 Å². The van der Waals surface area contributed by atoms with Crippen molar-refractivity contribution >= 4 is 27.8 Å². The number of carbonyl (C=O) groups is 1. The molecule has 0 saturated heterocycles. The van der Waals surface area contributed by atoms with Crippen LogP contribution in [0, 0.1) is 25.2 Å². The van der Waals surface area contributed by atoms with Crippen LogP contribution < -0.4 is 4.72 Å². The van der Waals surface area contributed by atoms with Crippen LogP contribution in [0.15, 0.2) is 23.1 Å². The first-order valence-corrected chi connectivity index (χ1v) is 10.3. The molecular weight excluding hydrogens is 348 g/mol. The Labute approximate surface area is 147 Å². The maximum absolute atomic E-state index is 12.6. The number of nitrogens with one attached hydrogen (secondary N) is 1. The number of hydrogen-bond acceptors (Lipinski definition) is 6. The summed E-state index contributed by atoms with van der Waals surface area (Å²) in [6.07, 6.45) is 1.21. The number of thioether (sulfide) groups is 1. The maximum atomic E-state index is 12.6. The zero-order chi connectivity index (χ0) is 18.3. The molecule has 0 aliphatic carbocycles. The summed E-state index contributed by atoms with van der Waals surface area (Å²) in [7, 11) is -3.87. The highest BCUT2D eigenvalue weighted by molar-refractivity contribution is 7.98. The van der Waals surface area contributed by atoms with Crippen molar-refractivity contribution in [1.82, 2.24) is 4.72 Å². The second kappa shape index (κ2) is 9.06. The number of hydrogen-bond donors (Lipinski definition) is 1. The molecule has 132 valence electrons. The summed E-state index contributed by atoms with van der Waals surface area (Å²) in [5, 5.41) is 8.75. The van der Waals surface area contributed by atoms with E-state index in [4.69, 9.17) is 10.00 Å². The minimum absolute atomic E-state index is 0.137. The highest BCUT2D eigenvalue weighted by Gasteiger charge is 2.28. The zero-order valence-electron chi connectivity index (χ0n) is 14.2. The van der Waals surface area contributed by atoms with E-state index in [1.165, 1.54) is 18.7 Å². The molecular formula is C16H22N2O4S2. The lowest BCUT2D eigenvalue weighted by atomic mass is 10.2. The van der Waals surface area contributed by atoms with Gasteiger partial charge in [0.1, 0.15) is 12.1 Å². The van der Waals surface area contributed by atoms with Gasteiger partial charge in [-0.15, -0.1) is 0 Å². The minimum Gasteiger partial charge on any atom is -0.446 e.